The molecule has 0 heterocycles. The van der Waals surface area contributed by atoms with Crippen molar-refractivity contribution in [2.45, 2.75) is 405 Å². The highest BCUT2D eigenvalue weighted by atomic mass is 31.2. The molecule has 9 heteroatoms. The molecule has 0 aromatic carbocycles. The van der Waals surface area contributed by atoms with E-state index in [1.807, 2.05) is 21.1 Å². The van der Waals surface area contributed by atoms with Crippen LogP contribution in [0.3, 0.4) is 0 Å². The lowest BCUT2D eigenvalue weighted by Crippen LogP contribution is -2.46. The lowest BCUT2D eigenvalue weighted by molar-refractivity contribution is -0.870. The summed E-state index contributed by atoms with van der Waals surface area (Å²) in [6.45, 7) is 4.79. The van der Waals surface area contributed by atoms with Crippen LogP contribution in [0.15, 0.2) is 0 Å². The molecule has 0 aliphatic heterocycles. The first-order valence-electron chi connectivity index (χ1n) is 35.9. The van der Waals surface area contributed by atoms with Gasteiger partial charge in [-0.15, -0.1) is 0 Å². The minimum absolute atomic E-state index is 0.0167. The first kappa shape index (κ1) is 78.5. The van der Waals surface area contributed by atoms with Crippen molar-refractivity contribution < 1.29 is 32.9 Å². The molecule has 0 aromatic rings. The van der Waals surface area contributed by atoms with Gasteiger partial charge in [-0.2, -0.15) is 0 Å². The van der Waals surface area contributed by atoms with E-state index in [4.69, 9.17) is 9.05 Å². The molecule has 3 unspecified atom stereocenters. The number of carbonyl (C=O) groups excluding carboxylic acids is 1. The number of nitrogens with one attached hydrogen (secondary N) is 1. The van der Waals surface area contributed by atoms with Gasteiger partial charge in [0.2, 0.25) is 5.91 Å². The molecule has 0 rings (SSSR count). The van der Waals surface area contributed by atoms with Crippen LogP contribution < -0.4 is 10.2 Å². The normalized spacial score (nSPS) is 13.6. The van der Waals surface area contributed by atoms with Crippen LogP contribution in [0.2, 0.25) is 0 Å². The molecule has 0 fully saturated rings. The van der Waals surface area contributed by atoms with Crippen LogP contribution in [0.4, 0.5) is 0 Å². The lowest BCUT2D eigenvalue weighted by atomic mass is 10.0. The maximum Gasteiger partial charge on any atom is 0.268 e. The number of phosphoric ester groups is 1. The van der Waals surface area contributed by atoms with Crippen molar-refractivity contribution in [2.24, 2.45) is 0 Å². The van der Waals surface area contributed by atoms with Crippen LogP contribution in [0, 0.1) is 0 Å². The zero-order chi connectivity index (χ0) is 57.7. The molecule has 3 atom stereocenters. The van der Waals surface area contributed by atoms with Crippen molar-refractivity contribution in [3.63, 3.8) is 0 Å². The quantitative estimate of drug-likeness (QED) is 0.0357. The zero-order valence-corrected chi connectivity index (χ0v) is 55.3. The third kappa shape index (κ3) is 64.9. The number of aliphatic hydroxyl groups is 1. The summed E-state index contributed by atoms with van der Waals surface area (Å²) < 4.78 is 23.5. The lowest BCUT2D eigenvalue weighted by Gasteiger charge is -2.30. The van der Waals surface area contributed by atoms with Crippen LogP contribution in [-0.2, 0) is 18.4 Å². The Hall–Kier alpha value is -0.500. The van der Waals surface area contributed by atoms with Crippen LogP contribution in [0.5, 0.6) is 0 Å². The summed E-state index contributed by atoms with van der Waals surface area (Å²) in [6, 6.07) is -0.796. The Morgan fingerprint density at radius 1 is 0.392 bits per heavy atom. The second-order valence-electron chi connectivity index (χ2n) is 26.3. The number of amides is 1. The van der Waals surface area contributed by atoms with Crippen molar-refractivity contribution in [3.05, 3.63) is 0 Å². The number of likely N-dealkylation sites (N-methyl/N-ethyl adjacent to an activating group) is 1. The van der Waals surface area contributed by atoms with Gasteiger partial charge in [0, 0.05) is 6.42 Å². The van der Waals surface area contributed by atoms with Crippen molar-refractivity contribution in [2.75, 3.05) is 40.9 Å². The Balaban J connectivity index is 3.79. The highest BCUT2D eigenvalue weighted by Gasteiger charge is 2.24. The van der Waals surface area contributed by atoms with Crippen molar-refractivity contribution >= 4 is 13.7 Å². The van der Waals surface area contributed by atoms with Gasteiger partial charge in [0.25, 0.3) is 7.82 Å². The molecule has 0 aromatic heterocycles. The molecule has 1 amide bonds. The Labute approximate surface area is 495 Å². The van der Waals surface area contributed by atoms with Crippen LogP contribution in [-0.4, -0.2) is 68.5 Å². The Morgan fingerprint density at radius 3 is 0.861 bits per heavy atom. The average Bonchev–Trinajstić information content (AvgIpc) is 3.42. The third-order valence-corrected chi connectivity index (χ3v) is 18.1. The van der Waals surface area contributed by atoms with E-state index < -0.39 is 20.0 Å². The van der Waals surface area contributed by atoms with Gasteiger partial charge in [0.05, 0.1) is 39.9 Å². The molecule has 0 aliphatic rings. The molecule has 0 aliphatic carbocycles. The number of unbranched alkanes of at least 4 members (excludes halogenated alkanes) is 55. The number of carbonyl (C=O) groups is 1. The fourth-order valence-corrected chi connectivity index (χ4v) is 12.2. The van der Waals surface area contributed by atoms with E-state index >= 15 is 0 Å². The van der Waals surface area contributed by atoms with Gasteiger partial charge < -0.3 is 28.8 Å². The number of quaternary nitrogens is 1. The van der Waals surface area contributed by atoms with Gasteiger partial charge >= 0.3 is 0 Å². The summed E-state index contributed by atoms with van der Waals surface area (Å²) in [6.07, 6.45) is 77.8. The Morgan fingerprint density at radius 2 is 0.620 bits per heavy atom. The summed E-state index contributed by atoms with van der Waals surface area (Å²) >= 11 is 0. The Bertz CT molecular complexity index is 1250. The molecule has 0 spiro atoms. The summed E-state index contributed by atoms with van der Waals surface area (Å²) in [4.78, 5) is 25.6. The largest absolute Gasteiger partial charge is 0.756 e. The number of aliphatic hydroxyl groups excluding tert-OH is 1. The maximum absolute atomic E-state index is 13.0. The number of hydrogen-bond donors (Lipinski definition) is 2. The fourth-order valence-electron chi connectivity index (χ4n) is 11.5. The van der Waals surface area contributed by atoms with E-state index in [0.717, 1.165) is 38.5 Å². The summed E-state index contributed by atoms with van der Waals surface area (Å²) in [7, 11) is 1.33. The smallest absolute Gasteiger partial charge is 0.268 e. The highest BCUT2D eigenvalue weighted by Crippen LogP contribution is 2.38. The first-order chi connectivity index (χ1) is 38.5. The third-order valence-electron chi connectivity index (χ3n) is 17.1. The predicted molar refractivity (Wildman–Crippen MR) is 344 cm³/mol. The molecule has 0 radical (unpaired) electrons. The van der Waals surface area contributed by atoms with Crippen LogP contribution in [0.1, 0.15) is 393 Å². The summed E-state index contributed by atoms with van der Waals surface area (Å²) in [5.74, 6) is -0.155. The van der Waals surface area contributed by atoms with Crippen molar-refractivity contribution in [3.8, 4) is 0 Å². The molecule has 79 heavy (non-hydrogen) atoms. The number of nitrogens with zero attached hydrogens (tertiary/aromatic N) is 1. The molecule has 474 valence electrons. The van der Waals surface area contributed by atoms with Gasteiger partial charge in [-0.1, -0.05) is 373 Å². The number of rotatable bonds is 68. The summed E-state index contributed by atoms with van der Waals surface area (Å²) in [5, 5.41) is 14.1. The second kappa shape index (κ2) is 62.0. The molecule has 0 bridgehead atoms. The first-order valence-corrected chi connectivity index (χ1v) is 37.3. The van der Waals surface area contributed by atoms with Gasteiger partial charge in [0.1, 0.15) is 13.2 Å². The number of phosphoric acid groups is 1. The molecule has 0 saturated carbocycles. The zero-order valence-electron chi connectivity index (χ0n) is 54.4. The Kier molecular flexibility index (Phi) is 61.7. The second-order valence-corrected chi connectivity index (χ2v) is 27.7. The molecular formula is C70H143N2O6P. The molecule has 2 N–H and O–H groups in total. The van der Waals surface area contributed by atoms with E-state index in [1.165, 1.54) is 327 Å². The van der Waals surface area contributed by atoms with Crippen LogP contribution in [0.25, 0.3) is 0 Å². The van der Waals surface area contributed by atoms with Gasteiger partial charge in [0.15, 0.2) is 0 Å². The SMILES string of the molecule is CCCCCCCCCCCCCCCCCCCCCCCCCCCCCCCCCCCCCCCCCCCC(=O)NC(COP(=O)([O-])OCC[N+](C)(C)C)C(O)CCCCCCCCCCCCCCCCCC. The predicted octanol–water partition coefficient (Wildman–Crippen LogP) is 22.1. The fraction of sp³-hybridized carbons (Fsp3) is 0.986. The average molecular weight is 1140 g/mol. The molecule has 0 saturated heterocycles. The minimum atomic E-state index is -4.57. The van der Waals surface area contributed by atoms with E-state index in [1.54, 1.807) is 0 Å². The number of hydrogen-bond acceptors (Lipinski definition) is 6. The standard InChI is InChI=1S/C70H143N2O6P/c1-6-8-10-12-14-16-18-20-22-24-25-26-27-28-29-30-31-32-33-34-35-36-37-38-39-40-41-42-43-44-45-46-47-48-50-52-54-56-58-60-62-64-70(74)71-68(67-78-79(75,76)77-66-65-72(3,4)5)69(73)63-61-59-57-55-53-51-49-23-21-19-17-15-13-11-9-7-2/h68-69,73H,6-67H2,1-5H3,(H-,71,74,75,76). The minimum Gasteiger partial charge on any atom is -0.756 e. The maximum atomic E-state index is 13.0. The molecular weight excluding hydrogens is 996 g/mol. The van der Waals surface area contributed by atoms with Gasteiger partial charge in [-0.25, -0.2) is 0 Å². The van der Waals surface area contributed by atoms with Crippen LogP contribution >= 0.6 is 7.82 Å². The van der Waals surface area contributed by atoms with Gasteiger partial charge in [-0.05, 0) is 12.8 Å². The van der Waals surface area contributed by atoms with E-state index in [-0.39, 0.29) is 19.1 Å². The van der Waals surface area contributed by atoms with E-state index in [2.05, 4.69) is 19.2 Å². The van der Waals surface area contributed by atoms with Crippen molar-refractivity contribution in [1.29, 1.82) is 0 Å². The monoisotopic (exact) mass is 1140 g/mol. The molecule has 8 nitrogen and oxygen atoms in total. The van der Waals surface area contributed by atoms with Crippen molar-refractivity contribution in [1.82, 2.24) is 5.32 Å². The summed E-state index contributed by atoms with van der Waals surface area (Å²) in [5.41, 5.74) is 0. The van der Waals surface area contributed by atoms with Gasteiger partial charge in [-0.3, -0.25) is 9.36 Å². The highest BCUT2D eigenvalue weighted by molar-refractivity contribution is 7.45. The van der Waals surface area contributed by atoms with E-state index in [0.29, 0.717) is 23.9 Å². The topological polar surface area (TPSA) is 108 Å². The van der Waals surface area contributed by atoms with E-state index in [9.17, 15) is 19.4 Å².